The van der Waals surface area contributed by atoms with Gasteiger partial charge in [-0.2, -0.15) is 0 Å². The molecule has 2 amide bonds. The largest absolute Gasteiger partial charge is 0.494 e. The molecule has 27 heavy (non-hydrogen) atoms. The van der Waals surface area contributed by atoms with Crippen LogP contribution in [-0.2, 0) is 9.59 Å². The first-order valence-corrected chi connectivity index (χ1v) is 9.13. The lowest BCUT2D eigenvalue weighted by molar-refractivity contribution is -0.135. The van der Waals surface area contributed by atoms with E-state index in [1.165, 1.54) is 7.05 Å². The predicted molar refractivity (Wildman–Crippen MR) is 107 cm³/mol. The third-order valence-corrected chi connectivity index (χ3v) is 4.75. The molecule has 0 aliphatic carbocycles. The molecule has 2 aromatic rings. The van der Waals surface area contributed by atoms with Crippen molar-refractivity contribution in [3.63, 3.8) is 0 Å². The molecule has 1 aliphatic rings. The monoisotopic (exact) mass is 384 g/mol. The van der Waals surface area contributed by atoms with Crippen LogP contribution in [0.2, 0.25) is 5.02 Å². The summed E-state index contributed by atoms with van der Waals surface area (Å²) in [4.78, 5) is 26.3. The second-order valence-electron chi connectivity index (χ2n) is 6.38. The average molecular weight is 385 g/mol. The number of likely N-dealkylation sites (N-methyl/N-ethyl adjacent to an activating group) is 1. The Labute approximate surface area is 163 Å². The number of ether oxygens (including phenoxy) is 1. The summed E-state index contributed by atoms with van der Waals surface area (Å²) in [6.45, 7) is 4.56. The lowest BCUT2D eigenvalue weighted by Crippen LogP contribution is -2.27. The van der Waals surface area contributed by atoms with Crippen molar-refractivity contribution >= 4 is 34.7 Å². The van der Waals surface area contributed by atoms with Crippen molar-refractivity contribution in [2.24, 2.45) is 0 Å². The third kappa shape index (κ3) is 3.83. The van der Waals surface area contributed by atoms with Gasteiger partial charge in [-0.05, 0) is 48.7 Å². The number of benzene rings is 2. The van der Waals surface area contributed by atoms with E-state index < -0.39 is 0 Å². The number of hydrogen-bond donors (Lipinski definition) is 1. The number of rotatable bonds is 6. The van der Waals surface area contributed by atoms with Crippen LogP contribution in [0.3, 0.4) is 0 Å². The lowest BCUT2D eigenvalue weighted by atomic mass is 10.0. The first kappa shape index (κ1) is 19.0. The second-order valence-corrected chi connectivity index (χ2v) is 6.79. The van der Waals surface area contributed by atoms with Gasteiger partial charge in [0.15, 0.2) is 0 Å². The molecule has 3 rings (SSSR count). The van der Waals surface area contributed by atoms with Crippen molar-refractivity contribution in [3.8, 4) is 5.75 Å². The molecule has 0 aromatic heterocycles. The van der Waals surface area contributed by atoms with Crippen molar-refractivity contribution in [2.75, 3.05) is 19.0 Å². The van der Waals surface area contributed by atoms with E-state index in [0.717, 1.165) is 22.6 Å². The Morgan fingerprint density at radius 3 is 2.41 bits per heavy atom. The summed E-state index contributed by atoms with van der Waals surface area (Å²) < 4.78 is 5.58. The van der Waals surface area contributed by atoms with Gasteiger partial charge in [-0.15, -0.1) is 0 Å². The first-order chi connectivity index (χ1) is 12.9. The molecule has 6 heteroatoms. The highest BCUT2D eigenvalue weighted by Crippen LogP contribution is 2.31. The van der Waals surface area contributed by atoms with Crippen LogP contribution in [0.25, 0.3) is 5.57 Å². The fourth-order valence-corrected chi connectivity index (χ4v) is 2.96. The van der Waals surface area contributed by atoms with Gasteiger partial charge in [-0.25, -0.2) is 0 Å². The number of hydrogen-bond acceptors (Lipinski definition) is 4. The number of amides is 2. The fourth-order valence-electron chi connectivity index (χ4n) is 2.78. The molecule has 5 nitrogen and oxygen atoms in total. The SMILES string of the molecule is CCCOc1ccc(C2=C(Nc3ccc(C)c(Cl)c3)C(=O)N(C)C2=O)cc1. The highest BCUT2D eigenvalue weighted by atomic mass is 35.5. The van der Waals surface area contributed by atoms with Gasteiger partial charge in [0.1, 0.15) is 11.4 Å². The number of carbonyl (C=O) groups is 2. The topological polar surface area (TPSA) is 58.6 Å². The van der Waals surface area contributed by atoms with E-state index in [1.807, 2.05) is 26.0 Å². The van der Waals surface area contributed by atoms with Gasteiger partial charge in [0.2, 0.25) is 0 Å². The summed E-state index contributed by atoms with van der Waals surface area (Å²) in [6.07, 6.45) is 0.915. The van der Waals surface area contributed by atoms with Crippen LogP contribution in [0.5, 0.6) is 5.75 Å². The summed E-state index contributed by atoms with van der Waals surface area (Å²) in [5.74, 6) is 0.00657. The second kappa shape index (κ2) is 7.84. The Kier molecular flexibility index (Phi) is 5.51. The zero-order valence-electron chi connectivity index (χ0n) is 15.5. The summed E-state index contributed by atoms with van der Waals surface area (Å²) in [5, 5.41) is 3.66. The molecule has 1 N–H and O–H groups in total. The normalized spacial score (nSPS) is 14.1. The number of imide groups is 1. The van der Waals surface area contributed by atoms with Gasteiger partial charge in [-0.3, -0.25) is 14.5 Å². The van der Waals surface area contributed by atoms with E-state index >= 15 is 0 Å². The number of nitrogens with zero attached hydrogens (tertiary/aromatic N) is 1. The third-order valence-electron chi connectivity index (χ3n) is 4.34. The van der Waals surface area contributed by atoms with Crippen LogP contribution in [-0.4, -0.2) is 30.4 Å². The summed E-state index contributed by atoms with van der Waals surface area (Å²) >= 11 is 6.17. The van der Waals surface area contributed by atoms with E-state index in [4.69, 9.17) is 16.3 Å². The molecule has 0 radical (unpaired) electrons. The Morgan fingerprint density at radius 2 is 1.78 bits per heavy atom. The summed E-state index contributed by atoms with van der Waals surface area (Å²) in [7, 11) is 1.47. The molecular weight excluding hydrogens is 364 g/mol. The van der Waals surface area contributed by atoms with Crippen molar-refractivity contribution in [1.82, 2.24) is 4.90 Å². The Morgan fingerprint density at radius 1 is 1.07 bits per heavy atom. The zero-order chi connectivity index (χ0) is 19.6. The van der Waals surface area contributed by atoms with Crippen LogP contribution < -0.4 is 10.1 Å². The minimum absolute atomic E-state index is 0.240. The van der Waals surface area contributed by atoms with Crippen molar-refractivity contribution in [2.45, 2.75) is 20.3 Å². The minimum Gasteiger partial charge on any atom is -0.494 e. The highest BCUT2D eigenvalue weighted by molar-refractivity contribution is 6.36. The van der Waals surface area contributed by atoms with Gasteiger partial charge in [0.05, 0.1) is 12.2 Å². The maximum atomic E-state index is 12.6. The van der Waals surface area contributed by atoms with Crippen LogP contribution >= 0.6 is 11.6 Å². The molecule has 140 valence electrons. The maximum Gasteiger partial charge on any atom is 0.277 e. The number of carbonyl (C=O) groups excluding carboxylic acids is 2. The first-order valence-electron chi connectivity index (χ1n) is 8.75. The number of halogens is 1. The number of nitrogens with one attached hydrogen (secondary N) is 1. The van der Waals surface area contributed by atoms with Crippen LogP contribution in [0.1, 0.15) is 24.5 Å². The molecule has 0 fully saturated rings. The van der Waals surface area contributed by atoms with Gasteiger partial charge in [0, 0.05) is 17.8 Å². The molecule has 2 aromatic carbocycles. The van der Waals surface area contributed by atoms with E-state index in [-0.39, 0.29) is 17.5 Å². The fraction of sp³-hybridized carbons (Fsp3) is 0.238. The van der Waals surface area contributed by atoms with Crippen molar-refractivity contribution in [1.29, 1.82) is 0 Å². The quantitative estimate of drug-likeness (QED) is 0.756. The molecular formula is C21H21ClN2O3. The van der Waals surface area contributed by atoms with Gasteiger partial charge < -0.3 is 10.1 Å². The van der Waals surface area contributed by atoms with Gasteiger partial charge in [0.25, 0.3) is 11.8 Å². The summed E-state index contributed by atoms with van der Waals surface area (Å²) in [5.41, 5.74) is 2.82. The molecule has 1 heterocycles. The van der Waals surface area contributed by atoms with Crippen molar-refractivity contribution < 1.29 is 14.3 Å². The minimum atomic E-state index is -0.377. The molecule has 0 atom stereocenters. The predicted octanol–water partition coefficient (Wildman–Crippen LogP) is 4.26. The molecule has 0 bridgehead atoms. The smallest absolute Gasteiger partial charge is 0.277 e. The summed E-state index contributed by atoms with van der Waals surface area (Å²) in [6, 6.07) is 12.6. The van der Waals surface area contributed by atoms with Crippen LogP contribution in [0.4, 0.5) is 5.69 Å². The van der Waals surface area contributed by atoms with Crippen LogP contribution in [0.15, 0.2) is 48.2 Å². The maximum absolute atomic E-state index is 12.6. The van der Waals surface area contributed by atoms with Crippen LogP contribution in [0, 0.1) is 6.92 Å². The standard InChI is InChI=1S/C21H21ClN2O3/c1-4-11-27-16-9-6-14(7-10-16)18-19(21(26)24(3)20(18)25)23-15-8-5-13(2)17(22)12-15/h5-10,12,23H,4,11H2,1-3H3. The molecule has 0 spiro atoms. The van der Waals surface area contributed by atoms with Crippen molar-refractivity contribution in [3.05, 3.63) is 64.3 Å². The Hall–Kier alpha value is -2.79. The Bertz CT molecular complexity index is 920. The van der Waals surface area contributed by atoms with Gasteiger partial charge in [-0.1, -0.05) is 36.7 Å². The average Bonchev–Trinajstić information content (AvgIpc) is 2.87. The molecule has 0 saturated carbocycles. The van der Waals surface area contributed by atoms with E-state index in [9.17, 15) is 9.59 Å². The van der Waals surface area contributed by atoms with E-state index in [1.54, 1.807) is 30.3 Å². The van der Waals surface area contributed by atoms with Gasteiger partial charge >= 0.3 is 0 Å². The molecule has 0 saturated heterocycles. The number of aryl methyl sites for hydroxylation is 1. The molecule has 1 aliphatic heterocycles. The van der Waals surface area contributed by atoms with E-state index in [0.29, 0.717) is 28.5 Å². The Balaban J connectivity index is 1.97. The lowest BCUT2D eigenvalue weighted by Gasteiger charge is -2.10. The van der Waals surface area contributed by atoms with E-state index in [2.05, 4.69) is 5.32 Å². The molecule has 0 unspecified atom stereocenters. The number of anilines is 1. The highest BCUT2D eigenvalue weighted by Gasteiger charge is 2.36. The zero-order valence-corrected chi connectivity index (χ0v) is 16.3.